The quantitative estimate of drug-likeness (QED) is 0.640. The number of pyridine rings is 1. The van der Waals surface area contributed by atoms with Gasteiger partial charge in [-0.2, -0.15) is 0 Å². The van der Waals surface area contributed by atoms with Gasteiger partial charge in [-0.3, -0.25) is 14.6 Å². The molecule has 0 bridgehead atoms. The number of aromatic nitrogens is 2. The van der Waals surface area contributed by atoms with Crippen LogP contribution in [0.2, 0.25) is 0 Å². The van der Waals surface area contributed by atoms with Crippen LogP contribution in [0.3, 0.4) is 0 Å². The van der Waals surface area contributed by atoms with Gasteiger partial charge in [0.1, 0.15) is 17.0 Å². The van der Waals surface area contributed by atoms with E-state index in [9.17, 15) is 9.59 Å². The molecule has 31 heavy (non-hydrogen) atoms. The van der Waals surface area contributed by atoms with Crippen molar-refractivity contribution in [1.82, 2.24) is 19.9 Å². The van der Waals surface area contributed by atoms with Crippen LogP contribution in [-0.2, 0) is 6.42 Å². The van der Waals surface area contributed by atoms with E-state index >= 15 is 0 Å². The summed E-state index contributed by atoms with van der Waals surface area (Å²) in [5, 5.41) is 5.88. The van der Waals surface area contributed by atoms with E-state index in [1.165, 1.54) is 0 Å². The SMILES string of the molecule is CCc1noc(C)c1C(=O)N1CCC[C@@H](N(C)C(=O)c2nccc3ccccc23)CC1. The Morgan fingerprint density at radius 3 is 2.81 bits per heavy atom. The van der Waals surface area contributed by atoms with Crippen molar-refractivity contribution in [3.63, 3.8) is 0 Å². The summed E-state index contributed by atoms with van der Waals surface area (Å²) in [6.45, 7) is 5.01. The van der Waals surface area contributed by atoms with Crippen molar-refractivity contribution in [2.24, 2.45) is 0 Å². The summed E-state index contributed by atoms with van der Waals surface area (Å²) in [7, 11) is 1.84. The summed E-state index contributed by atoms with van der Waals surface area (Å²) in [4.78, 5) is 34.4. The molecule has 1 aliphatic rings. The van der Waals surface area contributed by atoms with E-state index in [0.717, 1.165) is 30.0 Å². The van der Waals surface area contributed by atoms with Crippen LogP contribution in [0.1, 0.15) is 58.5 Å². The molecule has 0 saturated carbocycles. The molecule has 3 heterocycles. The molecule has 7 nitrogen and oxygen atoms in total. The first kappa shape index (κ1) is 21.0. The van der Waals surface area contributed by atoms with Gasteiger partial charge in [0.25, 0.3) is 11.8 Å². The minimum Gasteiger partial charge on any atom is -0.361 e. The van der Waals surface area contributed by atoms with Crippen molar-refractivity contribution < 1.29 is 14.1 Å². The minimum absolute atomic E-state index is 0.0269. The zero-order chi connectivity index (χ0) is 22.0. The molecule has 3 aromatic rings. The van der Waals surface area contributed by atoms with Crippen molar-refractivity contribution in [3.8, 4) is 0 Å². The highest BCUT2D eigenvalue weighted by Gasteiger charge is 2.30. The van der Waals surface area contributed by atoms with Crippen LogP contribution >= 0.6 is 0 Å². The molecule has 1 atom stereocenters. The standard InChI is InChI=1S/C24H28N4O3/c1-4-20-21(16(2)31-26-20)23(29)28-14-7-9-18(12-15-28)27(3)24(30)22-19-10-6-5-8-17(19)11-13-25-22/h5-6,8,10-11,13,18H,4,7,9,12,14-15H2,1-3H3/t18-/m1/s1. The summed E-state index contributed by atoms with van der Waals surface area (Å²) in [6, 6.07) is 9.77. The van der Waals surface area contributed by atoms with Gasteiger partial charge in [-0.25, -0.2) is 0 Å². The van der Waals surface area contributed by atoms with E-state index in [1.54, 1.807) is 18.0 Å². The van der Waals surface area contributed by atoms with Crippen molar-refractivity contribution >= 4 is 22.6 Å². The van der Waals surface area contributed by atoms with Crippen molar-refractivity contribution in [2.45, 2.75) is 45.6 Å². The second kappa shape index (κ2) is 8.88. The van der Waals surface area contributed by atoms with Gasteiger partial charge in [-0.1, -0.05) is 36.3 Å². The van der Waals surface area contributed by atoms with Crippen molar-refractivity contribution in [1.29, 1.82) is 0 Å². The third kappa shape index (κ3) is 4.04. The summed E-state index contributed by atoms with van der Waals surface area (Å²) in [5.41, 5.74) is 1.77. The molecule has 0 unspecified atom stereocenters. The van der Waals surface area contributed by atoms with Gasteiger partial charge in [-0.15, -0.1) is 0 Å². The molecule has 1 saturated heterocycles. The first-order chi connectivity index (χ1) is 15.0. The molecule has 4 rings (SSSR count). The molecule has 1 aliphatic heterocycles. The molecule has 7 heteroatoms. The zero-order valence-electron chi connectivity index (χ0n) is 18.3. The van der Waals surface area contributed by atoms with Crippen molar-refractivity contribution in [2.75, 3.05) is 20.1 Å². The topological polar surface area (TPSA) is 79.5 Å². The third-order valence-electron chi connectivity index (χ3n) is 6.21. The lowest BCUT2D eigenvalue weighted by atomic mass is 10.1. The molecule has 0 spiro atoms. The molecule has 0 aliphatic carbocycles. The largest absolute Gasteiger partial charge is 0.361 e. The Balaban J connectivity index is 1.49. The van der Waals surface area contributed by atoms with Crippen LogP contribution in [0.4, 0.5) is 0 Å². The van der Waals surface area contributed by atoms with E-state index in [2.05, 4.69) is 10.1 Å². The Morgan fingerprint density at radius 2 is 2.00 bits per heavy atom. The number of nitrogens with zero attached hydrogens (tertiary/aromatic N) is 4. The Morgan fingerprint density at radius 1 is 1.19 bits per heavy atom. The second-order valence-electron chi connectivity index (χ2n) is 8.09. The van der Waals surface area contributed by atoms with E-state index in [1.807, 2.05) is 49.2 Å². The minimum atomic E-state index is -0.0790. The number of aryl methyl sites for hydroxylation is 2. The van der Waals surface area contributed by atoms with Crippen LogP contribution < -0.4 is 0 Å². The fraction of sp³-hybridized carbons (Fsp3) is 0.417. The third-order valence-corrected chi connectivity index (χ3v) is 6.21. The summed E-state index contributed by atoms with van der Waals surface area (Å²) < 4.78 is 5.25. The predicted molar refractivity (Wildman–Crippen MR) is 118 cm³/mol. The monoisotopic (exact) mass is 420 g/mol. The Labute approximate surface area is 182 Å². The fourth-order valence-electron chi connectivity index (χ4n) is 4.38. The van der Waals surface area contributed by atoms with Gasteiger partial charge < -0.3 is 14.3 Å². The van der Waals surface area contributed by atoms with E-state index in [0.29, 0.717) is 42.2 Å². The van der Waals surface area contributed by atoms with Gasteiger partial charge in [0.2, 0.25) is 0 Å². The first-order valence-electron chi connectivity index (χ1n) is 10.9. The van der Waals surface area contributed by atoms with Gasteiger partial charge in [0.05, 0.1) is 5.69 Å². The van der Waals surface area contributed by atoms with Gasteiger partial charge in [-0.05, 0) is 44.1 Å². The van der Waals surface area contributed by atoms with Crippen molar-refractivity contribution in [3.05, 3.63) is 59.2 Å². The second-order valence-corrected chi connectivity index (χ2v) is 8.09. The van der Waals surface area contributed by atoms with Gasteiger partial charge in [0, 0.05) is 37.8 Å². The molecule has 2 aromatic heterocycles. The number of carbonyl (C=O) groups excluding carboxylic acids is 2. The zero-order valence-corrected chi connectivity index (χ0v) is 18.3. The van der Waals surface area contributed by atoms with Gasteiger partial charge >= 0.3 is 0 Å². The van der Waals surface area contributed by atoms with Crippen LogP contribution in [-0.4, -0.2) is 57.9 Å². The number of hydrogen-bond donors (Lipinski definition) is 0. The molecule has 162 valence electrons. The molecule has 2 amide bonds. The van der Waals surface area contributed by atoms with Gasteiger partial charge in [0.15, 0.2) is 0 Å². The first-order valence-corrected chi connectivity index (χ1v) is 10.9. The molecule has 0 N–H and O–H groups in total. The summed E-state index contributed by atoms with van der Waals surface area (Å²) in [6.07, 6.45) is 4.75. The van der Waals surface area contributed by atoms with E-state index in [4.69, 9.17) is 4.52 Å². The normalized spacial score (nSPS) is 16.9. The number of fused-ring (bicyclic) bond motifs is 1. The van der Waals surface area contributed by atoms with Crippen LogP contribution in [0.15, 0.2) is 41.1 Å². The number of hydrogen-bond acceptors (Lipinski definition) is 5. The molecule has 0 radical (unpaired) electrons. The lowest BCUT2D eigenvalue weighted by molar-refractivity contribution is 0.0706. The average molecular weight is 421 g/mol. The van der Waals surface area contributed by atoms with E-state index < -0.39 is 0 Å². The maximum absolute atomic E-state index is 13.3. The molecular formula is C24H28N4O3. The molecule has 1 fully saturated rings. The summed E-state index contributed by atoms with van der Waals surface area (Å²) in [5.74, 6) is 0.461. The van der Waals surface area contributed by atoms with Crippen LogP contribution in [0.5, 0.6) is 0 Å². The number of benzene rings is 1. The number of amides is 2. The number of rotatable bonds is 4. The lowest BCUT2D eigenvalue weighted by Gasteiger charge is -2.27. The highest BCUT2D eigenvalue weighted by atomic mass is 16.5. The maximum atomic E-state index is 13.3. The van der Waals surface area contributed by atoms with Crippen LogP contribution in [0.25, 0.3) is 10.8 Å². The Bertz CT molecular complexity index is 1100. The summed E-state index contributed by atoms with van der Waals surface area (Å²) >= 11 is 0. The fourth-order valence-corrected chi connectivity index (χ4v) is 4.38. The average Bonchev–Trinajstić information content (AvgIpc) is 3.01. The molecule has 1 aromatic carbocycles. The number of carbonyl (C=O) groups is 2. The highest BCUT2D eigenvalue weighted by Crippen LogP contribution is 2.23. The Kier molecular flexibility index (Phi) is 6.02. The highest BCUT2D eigenvalue weighted by molar-refractivity contribution is 6.05. The smallest absolute Gasteiger partial charge is 0.273 e. The Hall–Kier alpha value is -3.22. The predicted octanol–water partition coefficient (Wildman–Crippen LogP) is 3.86. The van der Waals surface area contributed by atoms with E-state index in [-0.39, 0.29) is 17.9 Å². The maximum Gasteiger partial charge on any atom is 0.273 e. The number of likely N-dealkylation sites (tertiary alicyclic amines) is 1. The molecular weight excluding hydrogens is 392 g/mol. The van der Waals surface area contributed by atoms with Crippen LogP contribution in [0, 0.1) is 6.92 Å². The lowest BCUT2D eigenvalue weighted by Crippen LogP contribution is -2.39.